The predicted octanol–water partition coefficient (Wildman–Crippen LogP) is 4.63. The van der Waals surface area contributed by atoms with Crippen LogP contribution in [0.3, 0.4) is 0 Å². The zero-order valence-electron chi connectivity index (χ0n) is 19.8. The van der Waals surface area contributed by atoms with Gasteiger partial charge in [-0.1, -0.05) is 42.5 Å². The van der Waals surface area contributed by atoms with Crippen LogP contribution in [0.25, 0.3) is 10.9 Å². The van der Waals surface area contributed by atoms with Gasteiger partial charge in [-0.3, -0.25) is 9.59 Å². The Morgan fingerprint density at radius 3 is 2.58 bits per heavy atom. The summed E-state index contributed by atoms with van der Waals surface area (Å²) >= 11 is 0. The SMILES string of the molecule is COc1ccc2[nH]cc(CCN3C(=O)C(O)=C(C(=O)Cc4ccccc4)[C@H]3c3cccc(O)c3)c2c1. The molecule has 36 heavy (non-hydrogen) atoms. The average molecular weight is 483 g/mol. The van der Waals surface area contributed by atoms with E-state index in [0.717, 1.165) is 27.8 Å². The number of methoxy groups -OCH3 is 1. The first-order chi connectivity index (χ1) is 17.5. The first-order valence-electron chi connectivity index (χ1n) is 11.7. The molecule has 7 heteroatoms. The van der Waals surface area contributed by atoms with E-state index < -0.39 is 17.7 Å². The van der Waals surface area contributed by atoms with Gasteiger partial charge in [-0.05, 0) is 53.4 Å². The molecule has 0 fully saturated rings. The molecule has 1 aromatic heterocycles. The van der Waals surface area contributed by atoms with Crippen LogP contribution in [0.5, 0.6) is 11.5 Å². The number of phenols is 1. The van der Waals surface area contributed by atoms with Gasteiger partial charge in [0.2, 0.25) is 0 Å². The van der Waals surface area contributed by atoms with Gasteiger partial charge in [0.15, 0.2) is 11.5 Å². The van der Waals surface area contributed by atoms with Gasteiger partial charge in [-0.15, -0.1) is 0 Å². The van der Waals surface area contributed by atoms with Gasteiger partial charge >= 0.3 is 0 Å². The zero-order valence-corrected chi connectivity index (χ0v) is 19.8. The van der Waals surface area contributed by atoms with Crippen LogP contribution < -0.4 is 4.74 Å². The second-order valence-corrected chi connectivity index (χ2v) is 8.82. The van der Waals surface area contributed by atoms with E-state index in [1.807, 2.05) is 54.7 Å². The molecule has 4 aromatic rings. The fraction of sp³-hybridized carbons (Fsp3) is 0.172. The van der Waals surface area contributed by atoms with Crippen LogP contribution in [0.15, 0.2) is 90.3 Å². The van der Waals surface area contributed by atoms with Crippen molar-refractivity contribution in [2.75, 3.05) is 13.7 Å². The Hall–Kier alpha value is -4.52. The second kappa shape index (κ2) is 9.62. The first kappa shape index (κ1) is 23.2. The molecule has 0 aliphatic carbocycles. The number of nitrogens with one attached hydrogen (secondary N) is 1. The van der Waals surface area contributed by atoms with E-state index in [2.05, 4.69) is 4.98 Å². The van der Waals surface area contributed by atoms with Gasteiger partial charge in [0.25, 0.3) is 5.91 Å². The number of aromatic hydroxyl groups is 1. The third kappa shape index (κ3) is 4.31. The van der Waals surface area contributed by atoms with Crippen LogP contribution in [0.1, 0.15) is 22.7 Å². The van der Waals surface area contributed by atoms with E-state index >= 15 is 0 Å². The topological polar surface area (TPSA) is 103 Å². The third-order valence-corrected chi connectivity index (χ3v) is 6.59. The number of hydrogen-bond donors (Lipinski definition) is 3. The predicted molar refractivity (Wildman–Crippen MR) is 136 cm³/mol. The summed E-state index contributed by atoms with van der Waals surface area (Å²) in [5.41, 5.74) is 3.33. The molecule has 1 atom stereocenters. The number of amides is 1. The van der Waals surface area contributed by atoms with E-state index in [4.69, 9.17) is 4.74 Å². The molecular formula is C29H26N2O5. The number of benzene rings is 3. The molecule has 0 unspecified atom stereocenters. The molecule has 1 aliphatic heterocycles. The first-order valence-corrected chi connectivity index (χ1v) is 11.7. The van der Waals surface area contributed by atoms with Crippen LogP contribution in [-0.4, -0.2) is 45.4 Å². The lowest BCUT2D eigenvalue weighted by atomic mass is 9.93. The molecule has 0 spiro atoms. The van der Waals surface area contributed by atoms with E-state index in [1.165, 1.54) is 17.0 Å². The minimum Gasteiger partial charge on any atom is -0.508 e. The van der Waals surface area contributed by atoms with Crippen molar-refractivity contribution in [3.05, 3.63) is 107 Å². The number of H-pyrrole nitrogens is 1. The number of aliphatic hydroxyl groups is 1. The summed E-state index contributed by atoms with van der Waals surface area (Å²) in [7, 11) is 1.61. The summed E-state index contributed by atoms with van der Waals surface area (Å²) in [5.74, 6) is -0.724. The molecule has 0 bridgehead atoms. The van der Waals surface area contributed by atoms with Crippen LogP contribution >= 0.6 is 0 Å². The minimum atomic E-state index is -0.805. The highest BCUT2D eigenvalue weighted by Gasteiger charge is 2.43. The molecule has 1 amide bonds. The summed E-state index contributed by atoms with van der Waals surface area (Å²) in [4.78, 5) is 31.4. The highest BCUT2D eigenvalue weighted by molar-refractivity contribution is 6.09. The van der Waals surface area contributed by atoms with Crippen LogP contribution in [0.2, 0.25) is 0 Å². The number of aliphatic hydroxyl groups excluding tert-OH is 1. The monoisotopic (exact) mass is 482 g/mol. The number of ether oxygens (including phenoxy) is 1. The lowest BCUT2D eigenvalue weighted by Gasteiger charge is -2.27. The van der Waals surface area contributed by atoms with Crippen molar-refractivity contribution < 1.29 is 24.5 Å². The summed E-state index contributed by atoms with van der Waals surface area (Å²) in [6.45, 7) is 0.259. The zero-order chi connectivity index (χ0) is 25.2. The van der Waals surface area contributed by atoms with E-state index in [9.17, 15) is 19.8 Å². The van der Waals surface area contributed by atoms with Crippen molar-refractivity contribution in [3.8, 4) is 11.5 Å². The maximum Gasteiger partial charge on any atom is 0.290 e. The number of fused-ring (bicyclic) bond motifs is 1. The van der Waals surface area contributed by atoms with Crippen molar-refractivity contribution >= 4 is 22.6 Å². The molecular weight excluding hydrogens is 456 g/mol. The molecule has 2 heterocycles. The summed E-state index contributed by atoms with van der Waals surface area (Å²) in [6.07, 6.45) is 2.43. The Morgan fingerprint density at radius 2 is 1.83 bits per heavy atom. The molecule has 1 aliphatic rings. The fourth-order valence-corrected chi connectivity index (χ4v) is 4.82. The number of carbonyl (C=O) groups is 2. The van der Waals surface area contributed by atoms with Gasteiger partial charge in [-0.25, -0.2) is 0 Å². The molecule has 0 radical (unpaired) electrons. The molecule has 5 rings (SSSR count). The van der Waals surface area contributed by atoms with Gasteiger partial charge in [0, 0.05) is 30.1 Å². The number of Topliss-reactive ketones (excluding diaryl/α,β-unsaturated/α-hetero) is 1. The summed E-state index contributed by atoms with van der Waals surface area (Å²) in [5, 5.41) is 22.0. The number of hydrogen-bond acceptors (Lipinski definition) is 5. The van der Waals surface area contributed by atoms with Crippen LogP contribution in [-0.2, 0) is 22.4 Å². The Bertz CT molecular complexity index is 1470. The number of rotatable bonds is 8. The highest BCUT2D eigenvalue weighted by Crippen LogP contribution is 2.39. The van der Waals surface area contributed by atoms with Gasteiger partial charge in [-0.2, -0.15) is 0 Å². The van der Waals surface area contributed by atoms with E-state index in [0.29, 0.717) is 12.0 Å². The molecule has 3 N–H and O–H groups in total. The molecule has 3 aromatic carbocycles. The number of nitrogens with zero attached hydrogens (tertiary/aromatic N) is 1. The largest absolute Gasteiger partial charge is 0.508 e. The lowest BCUT2D eigenvalue weighted by Crippen LogP contribution is -2.33. The normalized spacial score (nSPS) is 15.6. The fourth-order valence-electron chi connectivity index (χ4n) is 4.82. The standard InChI is InChI=1S/C29H26N2O5/c1-36-22-10-11-24-23(16-22)20(17-30-24)12-13-31-27(19-8-5-9-21(32)15-19)26(28(34)29(31)35)25(33)14-18-6-3-2-4-7-18/h2-11,15-17,27,30,32,34H,12-14H2,1H3/t27-/m1/s1. The average Bonchev–Trinajstić information content (AvgIpc) is 3.40. The molecule has 7 nitrogen and oxygen atoms in total. The third-order valence-electron chi connectivity index (χ3n) is 6.59. The maximum absolute atomic E-state index is 13.4. The Labute approximate surface area is 208 Å². The number of aromatic nitrogens is 1. The van der Waals surface area contributed by atoms with Crippen LogP contribution in [0.4, 0.5) is 0 Å². The minimum absolute atomic E-state index is 0.0184. The highest BCUT2D eigenvalue weighted by atomic mass is 16.5. The van der Waals surface area contributed by atoms with Gasteiger partial charge < -0.3 is 24.8 Å². The molecule has 0 saturated heterocycles. The number of carbonyl (C=O) groups excluding carboxylic acids is 2. The number of phenolic OH excluding ortho intramolecular Hbond substituents is 1. The number of ketones is 1. The smallest absolute Gasteiger partial charge is 0.290 e. The van der Waals surface area contributed by atoms with E-state index in [-0.39, 0.29) is 30.1 Å². The van der Waals surface area contributed by atoms with Crippen molar-refractivity contribution in [2.45, 2.75) is 18.9 Å². The number of aromatic amines is 1. The molecule has 182 valence electrons. The Balaban J connectivity index is 1.47. The summed E-state index contributed by atoms with van der Waals surface area (Å²) < 4.78 is 5.35. The van der Waals surface area contributed by atoms with Crippen molar-refractivity contribution in [1.29, 1.82) is 0 Å². The maximum atomic E-state index is 13.4. The van der Waals surface area contributed by atoms with Crippen molar-refractivity contribution in [1.82, 2.24) is 9.88 Å². The van der Waals surface area contributed by atoms with Crippen molar-refractivity contribution in [2.24, 2.45) is 0 Å². The second-order valence-electron chi connectivity index (χ2n) is 8.82. The Morgan fingerprint density at radius 1 is 1.03 bits per heavy atom. The van der Waals surface area contributed by atoms with Gasteiger partial charge in [0.1, 0.15) is 11.5 Å². The van der Waals surface area contributed by atoms with E-state index in [1.54, 1.807) is 19.2 Å². The quantitative estimate of drug-likeness (QED) is 0.340. The van der Waals surface area contributed by atoms with Crippen LogP contribution in [0, 0.1) is 0 Å². The van der Waals surface area contributed by atoms with Gasteiger partial charge in [0.05, 0.1) is 18.7 Å². The lowest BCUT2D eigenvalue weighted by molar-refractivity contribution is -0.129. The van der Waals surface area contributed by atoms with Crippen molar-refractivity contribution in [3.63, 3.8) is 0 Å². The molecule has 0 saturated carbocycles. The Kier molecular flexibility index (Phi) is 6.21. The summed E-state index contributed by atoms with van der Waals surface area (Å²) in [6, 6.07) is 20.6.